The Hall–Kier alpha value is -4.43. The summed E-state index contributed by atoms with van der Waals surface area (Å²) in [6, 6.07) is 46.4. The van der Waals surface area contributed by atoms with Gasteiger partial charge in [-0.3, -0.25) is 0 Å². The van der Waals surface area contributed by atoms with Crippen LogP contribution in [0.2, 0.25) is 0 Å². The standard InChI is InChI=1S/C33H25N2S.BF4/c1-4-10-24(11-5-1)29-20-30(25-12-6-2-7-13-25)35(31(21-29)26-14-8-3-9-15-26)34-23-32(34)28-17-16-27-18-19-36-33(27)22-28;2-1(3,4)5/h1-22,32H,23H2;/q+1;-1. The summed E-state index contributed by atoms with van der Waals surface area (Å²) in [4.78, 5) is 0. The van der Waals surface area contributed by atoms with Crippen LogP contribution in [0.3, 0.4) is 0 Å². The molecule has 0 radical (unpaired) electrons. The second kappa shape index (κ2) is 11.2. The van der Waals surface area contributed by atoms with Gasteiger partial charge in [0.15, 0.2) is 0 Å². The maximum absolute atomic E-state index is 9.75. The largest absolute Gasteiger partial charge is 0.673 e. The third-order valence-electron chi connectivity index (χ3n) is 7.00. The van der Waals surface area contributed by atoms with E-state index in [1.54, 1.807) is 0 Å². The number of rotatable bonds is 5. The minimum absolute atomic E-state index is 0.356. The van der Waals surface area contributed by atoms with Crippen LogP contribution in [0.5, 0.6) is 0 Å². The van der Waals surface area contributed by atoms with Crippen molar-refractivity contribution in [2.24, 2.45) is 0 Å². The second-order valence-corrected chi connectivity index (χ2v) is 10.7. The second-order valence-electron chi connectivity index (χ2n) is 9.77. The summed E-state index contributed by atoms with van der Waals surface area (Å²) in [6.45, 7) is 0.992. The summed E-state index contributed by atoms with van der Waals surface area (Å²) in [5.41, 5.74) is 8.67. The van der Waals surface area contributed by atoms with Gasteiger partial charge in [-0.2, -0.15) is 5.01 Å². The Kier molecular flexibility index (Phi) is 7.33. The summed E-state index contributed by atoms with van der Waals surface area (Å²) in [5.74, 6) is 0. The van der Waals surface area contributed by atoms with Crippen molar-refractivity contribution < 1.29 is 21.9 Å². The highest BCUT2D eigenvalue weighted by atomic mass is 32.1. The first-order valence-corrected chi connectivity index (χ1v) is 14.1. The first-order valence-electron chi connectivity index (χ1n) is 13.2. The summed E-state index contributed by atoms with van der Waals surface area (Å²) in [6.07, 6.45) is 0. The maximum Gasteiger partial charge on any atom is 0.673 e. The Bertz CT molecular complexity index is 1710. The Morgan fingerprint density at radius 1 is 0.610 bits per heavy atom. The molecular weight excluding hydrogens is 543 g/mol. The molecule has 1 unspecified atom stereocenters. The fourth-order valence-corrected chi connectivity index (χ4v) is 5.94. The van der Waals surface area contributed by atoms with E-state index >= 15 is 0 Å². The van der Waals surface area contributed by atoms with E-state index in [9.17, 15) is 17.3 Å². The van der Waals surface area contributed by atoms with Gasteiger partial charge in [-0.25, -0.2) is 0 Å². The molecule has 6 aromatic rings. The lowest BCUT2D eigenvalue weighted by molar-refractivity contribution is -0.655. The summed E-state index contributed by atoms with van der Waals surface area (Å²) in [7, 11) is -6.00. The van der Waals surface area contributed by atoms with Crippen molar-refractivity contribution in [2.45, 2.75) is 6.04 Å². The molecule has 7 rings (SSSR count). The molecule has 2 aromatic heterocycles. The normalized spacial score (nSPS) is 14.4. The number of benzene rings is 4. The zero-order valence-corrected chi connectivity index (χ0v) is 22.7. The molecule has 0 N–H and O–H groups in total. The van der Waals surface area contributed by atoms with Crippen molar-refractivity contribution in [2.75, 3.05) is 11.6 Å². The van der Waals surface area contributed by atoms with Gasteiger partial charge in [-0.05, 0) is 63.9 Å². The van der Waals surface area contributed by atoms with E-state index in [-0.39, 0.29) is 0 Å². The van der Waals surface area contributed by atoms with Gasteiger partial charge in [0.2, 0.25) is 11.4 Å². The van der Waals surface area contributed by atoms with Crippen molar-refractivity contribution in [1.29, 1.82) is 0 Å². The number of aromatic nitrogens is 1. The molecule has 0 spiro atoms. The lowest BCUT2D eigenvalue weighted by Gasteiger charge is -2.13. The Morgan fingerprint density at radius 3 is 1.66 bits per heavy atom. The first-order chi connectivity index (χ1) is 19.8. The van der Waals surface area contributed by atoms with Crippen molar-refractivity contribution in [3.8, 4) is 33.6 Å². The molecule has 3 heterocycles. The molecule has 41 heavy (non-hydrogen) atoms. The Labute approximate surface area is 239 Å². The molecule has 0 saturated carbocycles. The van der Waals surface area contributed by atoms with Crippen LogP contribution in [0, 0.1) is 0 Å². The number of fused-ring (bicyclic) bond motifs is 1. The van der Waals surface area contributed by atoms with Crippen molar-refractivity contribution in [3.63, 3.8) is 0 Å². The molecule has 0 bridgehead atoms. The fraction of sp³-hybridized carbons (Fsp3) is 0.0606. The van der Waals surface area contributed by atoms with E-state index in [1.165, 1.54) is 49.3 Å². The monoisotopic (exact) mass is 568 g/mol. The molecule has 4 aromatic carbocycles. The third kappa shape index (κ3) is 6.18. The third-order valence-corrected chi connectivity index (χ3v) is 7.87. The molecule has 1 atom stereocenters. The maximum atomic E-state index is 9.75. The molecule has 1 fully saturated rings. The van der Waals surface area contributed by atoms with Crippen LogP contribution in [0.25, 0.3) is 43.7 Å². The summed E-state index contributed by atoms with van der Waals surface area (Å²) >= 11 is 1.82. The average Bonchev–Trinajstić information content (AvgIpc) is 3.64. The van der Waals surface area contributed by atoms with Gasteiger partial charge >= 0.3 is 7.25 Å². The van der Waals surface area contributed by atoms with Crippen molar-refractivity contribution in [1.82, 2.24) is 0 Å². The fourth-order valence-electron chi connectivity index (χ4n) is 5.10. The van der Waals surface area contributed by atoms with E-state index in [0.717, 1.165) is 6.54 Å². The summed E-state index contributed by atoms with van der Waals surface area (Å²) in [5, 5.41) is 6.00. The number of thiophene rings is 1. The molecule has 1 saturated heterocycles. The van der Waals surface area contributed by atoms with Gasteiger partial charge in [0.1, 0.15) is 12.6 Å². The molecule has 0 aliphatic carbocycles. The SMILES string of the molecule is F[B-](F)(F)F.c1ccc(-c2cc(-c3ccccc3)[n+](N3CC3c3ccc4ccsc4c3)c(-c3ccccc3)c2)cc1. The highest BCUT2D eigenvalue weighted by Crippen LogP contribution is 2.37. The lowest BCUT2D eigenvalue weighted by atomic mass is 9.99. The minimum atomic E-state index is -6.00. The molecule has 0 amide bonds. The van der Waals surface area contributed by atoms with Crippen LogP contribution in [0.1, 0.15) is 11.6 Å². The average molecular weight is 568 g/mol. The number of pyridine rings is 1. The van der Waals surface area contributed by atoms with Crippen LogP contribution in [-0.2, 0) is 0 Å². The van der Waals surface area contributed by atoms with Gasteiger partial charge in [-0.1, -0.05) is 83.5 Å². The number of hydrogen-bond donors (Lipinski definition) is 0. The van der Waals surface area contributed by atoms with Gasteiger partial charge < -0.3 is 17.3 Å². The van der Waals surface area contributed by atoms with E-state index in [2.05, 4.69) is 142 Å². The Balaban J connectivity index is 0.000000559. The lowest BCUT2D eigenvalue weighted by Crippen LogP contribution is -2.49. The quantitative estimate of drug-likeness (QED) is 0.0871. The molecular formula is C33H25BF4N2S. The van der Waals surface area contributed by atoms with Crippen molar-refractivity contribution >= 4 is 28.7 Å². The van der Waals surface area contributed by atoms with Gasteiger partial charge in [-0.15, -0.1) is 11.3 Å². The highest BCUT2D eigenvalue weighted by molar-refractivity contribution is 7.17. The molecule has 1 aliphatic heterocycles. The van der Waals surface area contributed by atoms with E-state index in [4.69, 9.17) is 0 Å². The van der Waals surface area contributed by atoms with Gasteiger partial charge in [0, 0.05) is 28.0 Å². The smallest absolute Gasteiger partial charge is 0.418 e. The minimum Gasteiger partial charge on any atom is -0.418 e. The van der Waals surface area contributed by atoms with Crippen LogP contribution >= 0.6 is 11.3 Å². The zero-order valence-electron chi connectivity index (χ0n) is 21.9. The Morgan fingerprint density at radius 2 is 1.12 bits per heavy atom. The zero-order chi connectivity index (χ0) is 28.4. The topological polar surface area (TPSA) is 6.89 Å². The predicted molar refractivity (Wildman–Crippen MR) is 161 cm³/mol. The van der Waals surface area contributed by atoms with Crippen LogP contribution < -0.4 is 9.69 Å². The van der Waals surface area contributed by atoms with E-state index in [0.29, 0.717) is 6.04 Å². The molecule has 204 valence electrons. The van der Waals surface area contributed by atoms with Gasteiger partial charge in [0.25, 0.3) is 0 Å². The number of hydrogen-bond acceptors (Lipinski definition) is 2. The van der Waals surface area contributed by atoms with Crippen LogP contribution in [-0.4, -0.2) is 13.8 Å². The first kappa shape index (κ1) is 26.8. The van der Waals surface area contributed by atoms with Gasteiger partial charge in [0.05, 0.1) is 0 Å². The number of nitrogens with zero attached hydrogens (tertiary/aromatic N) is 2. The molecule has 8 heteroatoms. The van der Waals surface area contributed by atoms with E-state index < -0.39 is 7.25 Å². The van der Waals surface area contributed by atoms with Crippen LogP contribution in [0.4, 0.5) is 17.3 Å². The summed E-state index contributed by atoms with van der Waals surface area (Å²) < 4.78 is 42.8. The van der Waals surface area contributed by atoms with Crippen molar-refractivity contribution in [3.05, 3.63) is 138 Å². The predicted octanol–water partition coefficient (Wildman–Crippen LogP) is 9.18. The highest BCUT2D eigenvalue weighted by Gasteiger charge is 2.46. The van der Waals surface area contributed by atoms with E-state index in [1.807, 2.05) is 11.3 Å². The van der Waals surface area contributed by atoms with Crippen LogP contribution in [0.15, 0.2) is 133 Å². The molecule has 1 aliphatic rings. The molecule has 2 nitrogen and oxygen atoms in total. The number of halogens is 4.